The van der Waals surface area contributed by atoms with Crippen molar-refractivity contribution < 1.29 is 0 Å². The van der Waals surface area contributed by atoms with Gasteiger partial charge in [-0.3, -0.25) is 5.41 Å². The van der Waals surface area contributed by atoms with E-state index in [-0.39, 0.29) is 0 Å². The van der Waals surface area contributed by atoms with Gasteiger partial charge < -0.3 is 5.32 Å². The first-order chi connectivity index (χ1) is 6.07. The van der Waals surface area contributed by atoms with Crippen LogP contribution in [0.5, 0.6) is 0 Å². The lowest BCUT2D eigenvalue weighted by Gasteiger charge is -2.10. The molecule has 13 heavy (non-hydrogen) atoms. The number of hydrogen-bond acceptors (Lipinski definition) is 3. The average Bonchev–Trinajstić information content (AvgIpc) is 2.37. The van der Waals surface area contributed by atoms with Crippen molar-refractivity contribution >= 4 is 17.5 Å². The van der Waals surface area contributed by atoms with Crippen molar-refractivity contribution in [3.05, 3.63) is 33.7 Å². The summed E-state index contributed by atoms with van der Waals surface area (Å²) in [6, 6.07) is 0. The zero-order valence-corrected chi connectivity index (χ0v) is 9.01. The number of thioether (sulfide) groups is 1. The normalized spacial score (nSPS) is 19.9. The highest BCUT2D eigenvalue weighted by Crippen LogP contribution is 2.33. The largest absolute Gasteiger partial charge is 0.387 e. The quantitative estimate of drug-likeness (QED) is 0.709. The average molecular weight is 194 g/mol. The Kier molecular flexibility index (Phi) is 2.98. The van der Waals surface area contributed by atoms with Crippen molar-refractivity contribution in [2.24, 2.45) is 0 Å². The zero-order valence-electron chi connectivity index (χ0n) is 8.19. The van der Waals surface area contributed by atoms with Crippen LogP contribution in [0.4, 0.5) is 0 Å². The first-order valence-electron chi connectivity index (χ1n) is 4.08. The summed E-state index contributed by atoms with van der Waals surface area (Å²) in [4.78, 5) is 0.979. The zero-order chi connectivity index (χ0) is 10.0. The second-order valence-corrected chi connectivity index (χ2v) is 3.91. The molecule has 1 aliphatic rings. The Morgan fingerprint density at radius 3 is 2.54 bits per heavy atom. The minimum Gasteiger partial charge on any atom is -0.387 e. The number of hydrogen-bond donors (Lipinski definition) is 2. The van der Waals surface area contributed by atoms with Crippen molar-refractivity contribution in [2.75, 3.05) is 7.05 Å². The van der Waals surface area contributed by atoms with Gasteiger partial charge in [-0.2, -0.15) is 0 Å². The van der Waals surface area contributed by atoms with E-state index in [0.29, 0.717) is 5.71 Å². The molecule has 70 valence electrons. The predicted molar refractivity (Wildman–Crippen MR) is 60.0 cm³/mol. The monoisotopic (exact) mass is 194 g/mol. The van der Waals surface area contributed by atoms with Crippen LogP contribution in [-0.2, 0) is 0 Å². The molecule has 0 amide bonds. The molecule has 0 aromatic heterocycles. The van der Waals surface area contributed by atoms with Gasteiger partial charge in [0.25, 0.3) is 0 Å². The number of nitrogens with one attached hydrogen (secondary N) is 2. The lowest BCUT2D eigenvalue weighted by molar-refractivity contribution is 1.00. The van der Waals surface area contributed by atoms with E-state index >= 15 is 0 Å². The van der Waals surface area contributed by atoms with Crippen LogP contribution in [0.3, 0.4) is 0 Å². The smallest absolute Gasteiger partial charge is 0.0734 e. The lowest BCUT2D eigenvalue weighted by Crippen LogP contribution is -2.11. The maximum absolute atomic E-state index is 7.81. The van der Waals surface area contributed by atoms with Crippen molar-refractivity contribution in [2.45, 2.75) is 13.8 Å². The Balaban J connectivity index is 3.07. The van der Waals surface area contributed by atoms with E-state index in [1.54, 1.807) is 11.8 Å². The fourth-order valence-electron chi connectivity index (χ4n) is 1.15. The van der Waals surface area contributed by atoms with Crippen molar-refractivity contribution in [3.63, 3.8) is 0 Å². The summed E-state index contributed by atoms with van der Waals surface area (Å²) in [5.74, 6) is 0. The topological polar surface area (TPSA) is 35.9 Å². The van der Waals surface area contributed by atoms with E-state index in [2.05, 4.69) is 11.9 Å². The van der Waals surface area contributed by atoms with E-state index in [1.807, 2.05) is 26.3 Å². The maximum atomic E-state index is 7.81. The third-order valence-electron chi connectivity index (χ3n) is 1.88. The van der Waals surface area contributed by atoms with Crippen LogP contribution in [0.15, 0.2) is 33.7 Å². The number of rotatable bonds is 2. The van der Waals surface area contributed by atoms with Gasteiger partial charge in [0.05, 0.1) is 16.3 Å². The van der Waals surface area contributed by atoms with Gasteiger partial charge in [0.15, 0.2) is 0 Å². The molecule has 2 nitrogen and oxygen atoms in total. The van der Waals surface area contributed by atoms with Crippen LogP contribution in [0, 0.1) is 5.41 Å². The molecule has 0 radical (unpaired) electrons. The molecule has 0 atom stereocenters. The molecule has 0 aliphatic carbocycles. The third kappa shape index (κ3) is 1.86. The Morgan fingerprint density at radius 2 is 2.23 bits per heavy atom. The highest BCUT2D eigenvalue weighted by molar-refractivity contribution is 8.07. The first-order valence-corrected chi connectivity index (χ1v) is 4.96. The van der Waals surface area contributed by atoms with Gasteiger partial charge in [-0.05, 0) is 30.4 Å². The summed E-state index contributed by atoms with van der Waals surface area (Å²) >= 11 is 1.59. The molecule has 1 rings (SSSR count). The minimum absolute atomic E-state index is 0.609. The molecule has 0 aromatic carbocycles. The third-order valence-corrected chi connectivity index (χ3v) is 2.99. The highest BCUT2D eigenvalue weighted by atomic mass is 32.2. The Labute approximate surface area is 83.3 Å². The molecular weight excluding hydrogens is 180 g/mol. The van der Waals surface area contributed by atoms with Crippen LogP contribution in [0.25, 0.3) is 0 Å². The van der Waals surface area contributed by atoms with Gasteiger partial charge in [-0.1, -0.05) is 18.3 Å². The van der Waals surface area contributed by atoms with E-state index in [1.165, 1.54) is 0 Å². The van der Waals surface area contributed by atoms with Crippen molar-refractivity contribution in [1.29, 1.82) is 5.41 Å². The van der Waals surface area contributed by atoms with E-state index in [4.69, 9.17) is 5.41 Å². The predicted octanol–water partition coefficient (Wildman–Crippen LogP) is 2.66. The van der Waals surface area contributed by atoms with Crippen LogP contribution in [-0.4, -0.2) is 12.8 Å². The maximum Gasteiger partial charge on any atom is 0.0734 e. The van der Waals surface area contributed by atoms with E-state index in [9.17, 15) is 0 Å². The number of allylic oxidation sites excluding steroid dienone is 3. The molecule has 2 N–H and O–H groups in total. The minimum atomic E-state index is 0.609. The van der Waals surface area contributed by atoms with E-state index < -0.39 is 0 Å². The van der Waals surface area contributed by atoms with Gasteiger partial charge in [-0.25, -0.2) is 0 Å². The summed E-state index contributed by atoms with van der Waals surface area (Å²) in [6.07, 6.45) is 0. The van der Waals surface area contributed by atoms with Gasteiger partial charge in [0, 0.05) is 7.05 Å². The SMILES string of the molecule is C=C(C)/C(NC)=C1\SC=C(C)C1=N. The molecule has 0 aromatic rings. The standard InChI is InChI=1S/C10H14N2S/c1-6(2)9(12-4)10-8(11)7(3)5-13-10/h5,11-12H,1H2,2-4H3/b10-9+,11-8?. The summed E-state index contributed by atoms with van der Waals surface area (Å²) in [5, 5.41) is 12.9. The Bertz CT molecular complexity index is 324. The van der Waals surface area contributed by atoms with Gasteiger partial charge in [0.2, 0.25) is 0 Å². The molecule has 0 spiro atoms. The van der Waals surface area contributed by atoms with Crippen LogP contribution in [0.2, 0.25) is 0 Å². The van der Waals surface area contributed by atoms with Crippen LogP contribution < -0.4 is 5.32 Å². The molecule has 0 bridgehead atoms. The van der Waals surface area contributed by atoms with Crippen LogP contribution in [0.1, 0.15) is 13.8 Å². The fourth-order valence-corrected chi connectivity index (χ4v) is 2.23. The second-order valence-electron chi connectivity index (χ2n) is 3.03. The first kappa shape index (κ1) is 10.1. The molecule has 0 fully saturated rings. The second kappa shape index (κ2) is 3.83. The summed E-state index contributed by atoms with van der Waals surface area (Å²) in [5.41, 5.74) is 3.58. The summed E-state index contributed by atoms with van der Waals surface area (Å²) in [7, 11) is 1.86. The van der Waals surface area contributed by atoms with Gasteiger partial charge in [-0.15, -0.1) is 0 Å². The van der Waals surface area contributed by atoms with Crippen LogP contribution >= 0.6 is 11.8 Å². The van der Waals surface area contributed by atoms with Crippen molar-refractivity contribution in [1.82, 2.24) is 5.32 Å². The van der Waals surface area contributed by atoms with Gasteiger partial charge in [0.1, 0.15) is 0 Å². The number of likely N-dealkylation sites (N-methyl/N-ethyl adjacent to an activating group) is 1. The molecule has 0 unspecified atom stereocenters. The Hall–Kier alpha value is -0.960. The van der Waals surface area contributed by atoms with Gasteiger partial charge >= 0.3 is 0 Å². The summed E-state index contributed by atoms with van der Waals surface area (Å²) < 4.78 is 0. The molecule has 1 heterocycles. The molecule has 3 heteroatoms. The van der Waals surface area contributed by atoms with Crippen molar-refractivity contribution in [3.8, 4) is 0 Å². The molecular formula is C10H14N2S. The molecule has 0 saturated carbocycles. The fraction of sp³-hybridized carbons (Fsp3) is 0.300. The Morgan fingerprint density at radius 1 is 1.62 bits per heavy atom. The molecule has 1 aliphatic heterocycles. The summed E-state index contributed by atoms with van der Waals surface area (Å²) in [6.45, 7) is 7.77. The van der Waals surface area contributed by atoms with E-state index in [0.717, 1.165) is 21.7 Å². The highest BCUT2D eigenvalue weighted by Gasteiger charge is 2.18. The lowest BCUT2D eigenvalue weighted by atomic mass is 10.1. The molecule has 0 saturated heterocycles.